The Morgan fingerprint density at radius 2 is 2.00 bits per heavy atom. The molecule has 3 N–H and O–H groups in total. The average Bonchev–Trinajstić information content (AvgIpc) is 2.90. The molecule has 2 rings (SSSR count). The predicted octanol–water partition coefficient (Wildman–Crippen LogP) is 1.86. The molecule has 2 aromatic rings. The Bertz CT molecular complexity index is 798. The molecule has 0 radical (unpaired) electrons. The van der Waals surface area contributed by atoms with Crippen LogP contribution in [0, 0.1) is 13.8 Å². The van der Waals surface area contributed by atoms with Crippen molar-refractivity contribution in [3.8, 4) is 0 Å². The second kappa shape index (κ2) is 7.56. The normalized spacial score (nSPS) is 10.4. The number of amides is 2. The minimum absolute atomic E-state index is 0.126. The Balaban J connectivity index is 1.86. The van der Waals surface area contributed by atoms with E-state index in [1.165, 1.54) is 11.3 Å². The fourth-order valence-electron chi connectivity index (χ4n) is 2.03. The summed E-state index contributed by atoms with van der Waals surface area (Å²) in [7, 11) is 0. The smallest absolute Gasteiger partial charge is 0.261 e. The molecule has 2 aromatic heterocycles. The van der Waals surface area contributed by atoms with Crippen LogP contribution in [0.2, 0.25) is 0 Å². The van der Waals surface area contributed by atoms with E-state index in [1.807, 2.05) is 13.0 Å². The maximum absolute atomic E-state index is 11.8. The van der Waals surface area contributed by atoms with E-state index < -0.39 is 0 Å². The highest BCUT2D eigenvalue weighted by atomic mass is 79.9. The molecule has 122 valence electrons. The van der Waals surface area contributed by atoms with Crippen LogP contribution in [0.15, 0.2) is 26.8 Å². The Kier molecular flexibility index (Phi) is 5.73. The van der Waals surface area contributed by atoms with Crippen molar-refractivity contribution in [2.24, 2.45) is 0 Å². The molecule has 2 heterocycles. The maximum atomic E-state index is 11.8. The van der Waals surface area contributed by atoms with E-state index in [1.54, 1.807) is 19.1 Å². The van der Waals surface area contributed by atoms with Crippen molar-refractivity contribution in [1.82, 2.24) is 15.6 Å². The number of nitrogens with one attached hydrogen (secondary N) is 3. The van der Waals surface area contributed by atoms with Crippen molar-refractivity contribution in [2.75, 3.05) is 6.54 Å². The number of carbonyl (C=O) groups excluding carboxylic acids is 2. The maximum Gasteiger partial charge on any atom is 0.261 e. The van der Waals surface area contributed by atoms with Crippen LogP contribution >= 0.6 is 27.3 Å². The molecule has 0 aliphatic rings. The number of H-pyrrole nitrogens is 1. The number of carbonyl (C=O) groups is 2. The summed E-state index contributed by atoms with van der Waals surface area (Å²) in [6.45, 7) is 3.60. The molecule has 23 heavy (non-hydrogen) atoms. The summed E-state index contributed by atoms with van der Waals surface area (Å²) in [6, 6.07) is 5.29. The van der Waals surface area contributed by atoms with Gasteiger partial charge in [0.1, 0.15) is 0 Å². The lowest BCUT2D eigenvalue weighted by atomic mass is 10.1. The highest BCUT2D eigenvalue weighted by molar-refractivity contribution is 9.11. The van der Waals surface area contributed by atoms with Crippen LogP contribution < -0.4 is 16.2 Å². The zero-order valence-corrected chi connectivity index (χ0v) is 15.1. The van der Waals surface area contributed by atoms with Crippen LogP contribution in [0.4, 0.5) is 0 Å². The van der Waals surface area contributed by atoms with Gasteiger partial charge in [-0.25, -0.2) is 0 Å². The second-order valence-corrected chi connectivity index (χ2v) is 7.47. The van der Waals surface area contributed by atoms with Gasteiger partial charge in [-0.3, -0.25) is 14.4 Å². The molecule has 0 aromatic carbocycles. The number of halogens is 1. The van der Waals surface area contributed by atoms with E-state index in [2.05, 4.69) is 31.5 Å². The molecule has 2 amide bonds. The molecule has 0 atom stereocenters. The van der Waals surface area contributed by atoms with Crippen molar-refractivity contribution in [1.29, 1.82) is 0 Å². The minimum atomic E-state index is -0.353. The number of thiophene rings is 1. The van der Waals surface area contributed by atoms with Gasteiger partial charge in [0.15, 0.2) is 0 Å². The highest BCUT2D eigenvalue weighted by Gasteiger charge is 2.11. The molecule has 0 unspecified atom stereocenters. The number of aromatic nitrogens is 1. The molecule has 0 fully saturated rings. The molecule has 0 aliphatic heterocycles. The molecule has 0 spiro atoms. The van der Waals surface area contributed by atoms with Gasteiger partial charge >= 0.3 is 0 Å². The first kappa shape index (κ1) is 17.4. The third-order valence-electron chi connectivity index (χ3n) is 3.16. The molecular weight excluding hydrogens is 382 g/mol. The van der Waals surface area contributed by atoms with Crippen LogP contribution in [-0.4, -0.2) is 23.3 Å². The molecule has 8 heteroatoms. The van der Waals surface area contributed by atoms with E-state index in [-0.39, 0.29) is 30.5 Å². The fraction of sp³-hybridized carbons (Fsp3) is 0.267. The first-order valence-corrected chi connectivity index (χ1v) is 8.47. The Labute approximate surface area is 145 Å². The monoisotopic (exact) mass is 397 g/mol. The van der Waals surface area contributed by atoms with Gasteiger partial charge in [-0.2, -0.15) is 0 Å². The zero-order valence-electron chi connectivity index (χ0n) is 12.7. The lowest BCUT2D eigenvalue weighted by Gasteiger charge is -2.08. The summed E-state index contributed by atoms with van der Waals surface area (Å²) < 4.78 is 0.848. The summed E-state index contributed by atoms with van der Waals surface area (Å²) >= 11 is 4.57. The molecule has 0 bridgehead atoms. The van der Waals surface area contributed by atoms with Gasteiger partial charge in [0, 0.05) is 17.8 Å². The van der Waals surface area contributed by atoms with Gasteiger partial charge in [-0.15, -0.1) is 11.3 Å². The van der Waals surface area contributed by atoms with Gasteiger partial charge < -0.3 is 15.6 Å². The third-order valence-corrected chi connectivity index (χ3v) is 4.79. The van der Waals surface area contributed by atoms with E-state index in [0.717, 1.165) is 15.0 Å². The van der Waals surface area contributed by atoms with Crippen LogP contribution in [0.25, 0.3) is 0 Å². The van der Waals surface area contributed by atoms with Crippen molar-refractivity contribution in [2.45, 2.75) is 20.4 Å². The zero-order chi connectivity index (χ0) is 17.0. The van der Waals surface area contributed by atoms with Crippen LogP contribution in [0.3, 0.4) is 0 Å². The SMILES string of the molecule is Cc1cc(C)c(CNC(=O)CNC(=O)c2ccc(Br)s2)c(=O)[nH]1. The first-order chi connectivity index (χ1) is 10.9. The predicted molar refractivity (Wildman–Crippen MR) is 92.7 cm³/mol. The van der Waals surface area contributed by atoms with Crippen LogP contribution in [-0.2, 0) is 11.3 Å². The molecule has 0 saturated heterocycles. The van der Waals surface area contributed by atoms with E-state index >= 15 is 0 Å². The fourth-order valence-corrected chi connectivity index (χ4v) is 3.34. The number of aromatic amines is 1. The number of aryl methyl sites for hydroxylation is 2. The van der Waals surface area contributed by atoms with Gasteiger partial charge in [0.05, 0.1) is 15.2 Å². The summed E-state index contributed by atoms with van der Waals surface area (Å²) in [5.41, 5.74) is 1.89. The third kappa shape index (κ3) is 4.77. The Hall–Kier alpha value is -1.93. The minimum Gasteiger partial charge on any atom is -0.350 e. The van der Waals surface area contributed by atoms with Gasteiger partial charge in [-0.1, -0.05) is 0 Å². The topological polar surface area (TPSA) is 91.1 Å². The van der Waals surface area contributed by atoms with Gasteiger partial charge in [0.2, 0.25) is 5.91 Å². The largest absolute Gasteiger partial charge is 0.350 e. The number of pyridine rings is 1. The second-order valence-electron chi connectivity index (χ2n) is 5.01. The van der Waals surface area contributed by atoms with Crippen LogP contribution in [0.1, 0.15) is 26.5 Å². The summed E-state index contributed by atoms with van der Waals surface area (Å²) in [5, 5.41) is 5.17. The van der Waals surface area contributed by atoms with Crippen molar-refractivity contribution < 1.29 is 9.59 Å². The Morgan fingerprint density at radius 3 is 2.61 bits per heavy atom. The van der Waals surface area contributed by atoms with Crippen molar-refractivity contribution >= 4 is 39.1 Å². The number of hydrogen-bond acceptors (Lipinski definition) is 4. The van der Waals surface area contributed by atoms with Gasteiger partial charge in [0.25, 0.3) is 11.5 Å². The van der Waals surface area contributed by atoms with E-state index in [4.69, 9.17) is 0 Å². The quantitative estimate of drug-likeness (QED) is 0.718. The van der Waals surface area contributed by atoms with Gasteiger partial charge in [-0.05, 0) is 53.5 Å². The summed E-state index contributed by atoms with van der Waals surface area (Å²) in [6.07, 6.45) is 0. The summed E-state index contributed by atoms with van der Waals surface area (Å²) in [5.74, 6) is -0.659. The first-order valence-electron chi connectivity index (χ1n) is 6.86. The molecule has 0 aliphatic carbocycles. The van der Waals surface area contributed by atoms with Crippen molar-refractivity contribution in [3.05, 3.63) is 54.0 Å². The number of rotatable bonds is 5. The average molecular weight is 398 g/mol. The molecule has 6 nitrogen and oxygen atoms in total. The molecular formula is C15H16BrN3O3S. The lowest BCUT2D eigenvalue weighted by Crippen LogP contribution is -2.37. The van der Waals surface area contributed by atoms with E-state index in [0.29, 0.717) is 10.4 Å². The van der Waals surface area contributed by atoms with Crippen molar-refractivity contribution in [3.63, 3.8) is 0 Å². The lowest BCUT2D eigenvalue weighted by molar-refractivity contribution is -0.120. The number of hydrogen-bond donors (Lipinski definition) is 3. The highest BCUT2D eigenvalue weighted by Crippen LogP contribution is 2.21. The summed E-state index contributed by atoms with van der Waals surface area (Å²) in [4.78, 5) is 38.7. The molecule has 0 saturated carbocycles. The van der Waals surface area contributed by atoms with Crippen LogP contribution in [0.5, 0.6) is 0 Å². The standard InChI is InChI=1S/C15H16BrN3O3S/c1-8-5-9(2)19-14(21)10(8)6-17-13(20)7-18-15(22)11-3-4-12(16)23-11/h3-5H,6-7H2,1-2H3,(H,17,20)(H,18,22)(H,19,21). The van der Waals surface area contributed by atoms with E-state index in [9.17, 15) is 14.4 Å². The Morgan fingerprint density at radius 1 is 1.26 bits per heavy atom.